The van der Waals surface area contributed by atoms with Gasteiger partial charge in [0.1, 0.15) is 6.34 Å². The third-order valence-electron chi connectivity index (χ3n) is 3.57. The fourth-order valence-corrected chi connectivity index (χ4v) is 3.71. The van der Waals surface area contributed by atoms with Gasteiger partial charge in [-0.3, -0.25) is 0 Å². The Labute approximate surface area is 121 Å². The summed E-state index contributed by atoms with van der Waals surface area (Å²) in [5.74, 6) is 0. The molecule has 0 bridgehead atoms. The van der Waals surface area contributed by atoms with Gasteiger partial charge < -0.3 is 4.90 Å². The summed E-state index contributed by atoms with van der Waals surface area (Å²) in [4.78, 5) is 3.37. The maximum Gasteiger partial charge on any atom is 0.104 e. The second-order valence-electron chi connectivity index (χ2n) is 4.75. The highest BCUT2D eigenvalue weighted by atomic mass is 35.5. The molecule has 0 radical (unpaired) electrons. The van der Waals surface area contributed by atoms with Gasteiger partial charge in [0.05, 0.1) is 20.6 Å². The molecule has 1 heterocycles. The molecule has 2 aliphatic rings. The third kappa shape index (κ3) is 2.36. The Bertz CT molecular complexity index is 484. The summed E-state index contributed by atoms with van der Waals surface area (Å²) in [7, 11) is 0. The van der Waals surface area contributed by atoms with Crippen molar-refractivity contribution in [3.05, 3.63) is 22.2 Å². The molecule has 1 fully saturated rings. The van der Waals surface area contributed by atoms with Crippen molar-refractivity contribution in [2.75, 3.05) is 4.90 Å². The van der Waals surface area contributed by atoms with Crippen LogP contribution in [0.5, 0.6) is 0 Å². The lowest BCUT2D eigenvalue weighted by Crippen LogP contribution is -2.36. The Morgan fingerprint density at radius 2 is 1.83 bits per heavy atom. The standard InChI is InChI=1S/C13H14Cl2N2S/c14-10-6-12-13(7-11(10)15)18-16-8-17(12)9-4-2-1-3-5-9/h6-9H,1-5H2. The van der Waals surface area contributed by atoms with Crippen LogP contribution in [0.3, 0.4) is 0 Å². The van der Waals surface area contributed by atoms with Gasteiger partial charge in [-0.15, -0.1) is 0 Å². The zero-order valence-electron chi connectivity index (χ0n) is 9.90. The number of anilines is 1. The highest BCUT2D eigenvalue weighted by Gasteiger charge is 2.25. The summed E-state index contributed by atoms with van der Waals surface area (Å²) in [5.41, 5.74) is 1.15. The Kier molecular flexibility index (Phi) is 3.73. The lowest BCUT2D eigenvalue weighted by atomic mass is 9.94. The molecule has 18 heavy (non-hydrogen) atoms. The Morgan fingerprint density at radius 3 is 2.61 bits per heavy atom. The Hall–Kier alpha value is -0.380. The largest absolute Gasteiger partial charge is 0.328 e. The maximum atomic E-state index is 6.14. The molecule has 1 aromatic rings. The van der Waals surface area contributed by atoms with Crippen molar-refractivity contribution in [1.29, 1.82) is 0 Å². The van der Waals surface area contributed by atoms with Crippen LogP contribution >= 0.6 is 35.1 Å². The molecule has 96 valence electrons. The Morgan fingerprint density at radius 1 is 1.11 bits per heavy atom. The van der Waals surface area contributed by atoms with E-state index in [4.69, 9.17) is 23.2 Å². The maximum absolute atomic E-state index is 6.14. The molecule has 1 aliphatic carbocycles. The second-order valence-corrected chi connectivity index (χ2v) is 6.39. The van der Waals surface area contributed by atoms with Crippen molar-refractivity contribution in [1.82, 2.24) is 0 Å². The average molecular weight is 301 g/mol. The van der Waals surface area contributed by atoms with E-state index in [-0.39, 0.29) is 0 Å². The van der Waals surface area contributed by atoms with Gasteiger partial charge in [0.25, 0.3) is 0 Å². The number of benzene rings is 1. The number of rotatable bonds is 1. The summed E-state index contributed by atoms with van der Waals surface area (Å²) in [5, 5.41) is 1.22. The first-order chi connectivity index (χ1) is 8.75. The molecule has 1 aromatic carbocycles. The molecular weight excluding hydrogens is 287 g/mol. The molecule has 5 heteroatoms. The van der Waals surface area contributed by atoms with Gasteiger partial charge in [-0.2, -0.15) is 0 Å². The number of hydrogen-bond acceptors (Lipinski definition) is 3. The van der Waals surface area contributed by atoms with Gasteiger partial charge >= 0.3 is 0 Å². The molecule has 0 saturated heterocycles. The first-order valence-electron chi connectivity index (χ1n) is 6.23. The first kappa shape index (κ1) is 12.6. The third-order valence-corrected chi connectivity index (χ3v) is 5.02. The highest BCUT2D eigenvalue weighted by Crippen LogP contribution is 2.41. The van der Waals surface area contributed by atoms with E-state index in [0.29, 0.717) is 16.1 Å². The fraction of sp³-hybridized carbons (Fsp3) is 0.462. The average Bonchev–Trinajstić information content (AvgIpc) is 2.40. The van der Waals surface area contributed by atoms with Gasteiger partial charge in [-0.25, -0.2) is 4.40 Å². The van der Waals surface area contributed by atoms with Crippen LogP contribution in [0.4, 0.5) is 5.69 Å². The Balaban J connectivity index is 1.95. The lowest BCUT2D eigenvalue weighted by Gasteiger charge is -2.35. The highest BCUT2D eigenvalue weighted by molar-refractivity contribution is 7.98. The summed E-state index contributed by atoms with van der Waals surface area (Å²) in [6.45, 7) is 0. The van der Waals surface area contributed by atoms with E-state index in [0.717, 1.165) is 10.6 Å². The van der Waals surface area contributed by atoms with Crippen molar-refractivity contribution in [3.63, 3.8) is 0 Å². The van der Waals surface area contributed by atoms with Gasteiger partial charge in [0.15, 0.2) is 0 Å². The normalized spacial score (nSPS) is 20.0. The molecule has 0 N–H and O–H groups in total. The number of halogens is 2. The molecule has 0 spiro atoms. The molecule has 1 aliphatic heterocycles. The van der Waals surface area contributed by atoms with Crippen molar-refractivity contribution in [3.8, 4) is 0 Å². The molecule has 0 amide bonds. The predicted molar refractivity (Wildman–Crippen MR) is 80.2 cm³/mol. The van der Waals surface area contributed by atoms with Crippen molar-refractivity contribution >= 4 is 47.2 Å². The van der Waals surface area contributed by atoms with Crippen LogP contribution in [0.2, 0.25) is 10.0 Å². The summed E-state index contributed by atoms with van der Waals surface area (Å²) >= 11 is 13.7. The molecule has 3 rings (SSSR count). The number of hydrogen-bond donors (Lipinski definition) is 0. The predicted octanol–water partition coefficient (Wildman–Crippen LogP) is 5.18. The first-order valence-corrected chi connectivity index (χ1v) is 7.76. The fourth-order valence-electron chi connectivity index (χ4n) is 2.64. The monoisotopic (exact) mass is 300 g/mol. The van der Waals surface area contributed by atoms with E-state index in [1.165, 1.54) is 44.1 Å². The topological polar surface area (TPSA) is 15.6 Å². The second kappa shape index (κ2) is 5.32. The zero-order chi connectivity index (χ0) is 12.5. The van der Waals surface area contributed by atoms with E-state index < -0.39 is 0 Å². The summed E-state index contributed by atoms with van der Waals surface area (Å²) in [6, 6.07) is 4.43. The zero-order valence-corrected chi connectivity index (χ0v) is 12.2. The quantitative estimate of drug-likeness (QED) is 0.664. The summed E-state index contributed by atoms with van der Waals surface area (Å²) < 4.78 is 4.36. The molecule has 0 unspecified atom stereocenters. The van der Waals surface area contributed by atoms with Gasteiger partial charge in [-0.1, -0.05) is 42.5 Å². The summed E-state index contributed by atoms with van der Waals surface area (Å²) in [6.07, 6.45) is 8.36. The molecule has 2 nitrogen and oxygen atoms in total. The minimum absolute atomic E-state index is 0.555. The van der Waals surface area contributed by atoms with Crippen LogP contribution in [-0.4, -0.2) is 12.4 Å². The van der Waals surface area contributed by atoms with E-state index >= 15 is 0 Å². The van der Waals surface area contributed by atoms with Crippen molar-refractivity contribution < 1.29 is 0 Å². The smallest absolute Gasteiger partial charge is 0.104 e. The molecular formula is C13H14Cl2N2S. The van der Waals surface area contributed by atoms with Crippen LogP contribution < -0.4 is 4.90 Å². The van der Waals surface area contributed by atoms with Crippen LogP contribution in [-0.2, 0) is 0 Å². The van der Waals surface area contributed by atoms with E-state index in [1.807, 2.05) is 18.5 Å². The van der Waals surface area contributed by atoms with Crippen LogP contribution in [0.25, 0.3) is 0 Å². The number of fused-ring (bicyclic) bond motifs is 1. The van der Waals surface area contributed by atoms with Gasteiger partial charge in [-0.05, 0) is 25.0 Å². The van der Waals surface area contributed by atoms with E-state index in [1.54, 1.807) is 0 Å². The van der Waals surface area contributed by atoms with Crippen LogP contribution in [0, 0.1) is 0 Å². The SMILES string of the molecule is Clc1cc2c(cc1Cl)N(C1CCCCC1)C=NS2. The minimum atomic E-state index is 0.555. The number of nitrogens with zero attached hydrogens (tertiary/aromatic N) is 2. The van der Waals surface area contributed by atoms with Crippen molar-refractivity contribution in [2.24, 2.45) is 4.40 Å². The lowest BCUT2D eigenvalue weighted by molar-refractivity contribution is 0.441. The molecule has 0 atom stereocenters. The van der Waals surface area contributed by atoms with Crippen molar-refractivity contribution in [2.45, 2.75) is 43.0 Å². The van der Waals surface area contributed by atoms with Gasteiger partial charge in [0, 0.05) is 18.0 Å². The molecule has 1 saturated carbocycles. The molecule has 0 aromatic heterocycles. The van der Waals surface area contributed by atoms with E-state index in [9.17, 15) is 0 Å². The van der Waals surface area contributed by atoms with Crippen LogP contribution in [0.1, 0.15) is 32.1 Å². The van der Waals surface area contributed by atoms with E-state index in [2.05, 4.69) is 9.30 Å². The van der Waals surface area contributed by atoms with Crippen LogP contribution in [0.15, 0.2) is 21.4 Å². The minimum Gasteiger partial charge on any atom is -0.328 e. The van der Waals surface area contributed by atoms with Gasteiger partial charge in [0.2, 0.25) is 0 Å².